The molecule has 0 radical (unpaired) electrons. The molecule has 11 rings (SSSR count). The molecule has 0 aliphatic carbocycles. The Morgan fingerprint density at radius 1 is 0.328 bits per heavy atom. The summed E-state index contributed by atoms with van der Waals surface area (Å²) in [7, 11) is 0. The molecule has 0 unspecified atom stereocenters. The van der Waals surface area contributed by atoms with Gasteiger partial charge in [-0.2, -0.15) is 0 Å². The molecule has 0 atom stereocenters. The van der Waals surface area contributed by atoms with E-state index < -0.39 is 0 Å². The molecule has 0 saturated carbocycles. The molecule has 0 saturated heterocycles. The predicted octanol–water partition coefficient (Wildman–Crippen LogP) is 13.9. The first kappa shape index (κ1) is 33.4. The van der Waals surface area contributed by atoms with Crippen LogP contribution < -0.4 is 9.47 Å². The van der Waals surface area contributed by atoms with E-state index in [-0.39, 0.29) is 0 Å². The number of aromatic amines is 2. The van der Waals surface area contributed by atoms with Crippen molar-refractivity contribution in [3.8, 4) is 45.3 Å². The van der Waals surface area contributed by atoms with Crippen LogP contribution in [0.3, 0.4) is 0 Å². The number of nitrogens with zero attached hydrogens (tertiary/aromatic N) is 2. The molecule has 9 aromatic rings. The molecular weight excluding hydrogens is 713 g/mol. The highest BCUT2D eigenvalue weighted by Gasteiger charge is 2.19. The molecule has 3 aromatic heterocycles. The first-order valence-electron chi connectivity index (χ1n) is 19.3. The average Bonchev–Trinajstić information content (AvgIpc) is 4.12. The topological polar surface area (TPSA) is 75.8 Å². The first-order valence-corrected chi connectivity index (χ1v) is 19.3. The summed E-state index contributed by atoms with van der Waals surface area (Å²) in [4.78, 5) is 18.1. The van der Waals surface area contributed by atoms with Gasteiger partial charge in [0.25, 0.3) is 0 Å². The Hall–Kier alpha value is -7.96. The van der Waals surface area contributed by atoms with Crippen molar-refractivity contribution >= 4 is 67.9 Å². The van der Waals surface area contributed by atoms with E-state index in [4.69, 9.17) is 19.4 Å². The largest absolute Gasteiger partial charge is 0.453 e. The number of benzene rings is 6. The van der Waals surface area contributed by atoms with Gasteiger partial charge in [0.1, 0.15) is 22.9 Å². The van der Waals surface area contributed by atoms with E-state index in [1.165, 1.54) is 0 Å². The maximum atomic E-state index is 6.86. The maximum absolute atomic E-state index is 6.86. The van der Waals surface area contributed by atoms with E-state index in [1.807, 2.05) is 84.9 Å². The Balaban J connectivity index is 1.22. The van der Waals surface area contributed by atoms with Crippen LogP contribution in [0.2, 0.25) is 0 Å². The number of aromatic nitrogens is 4. The van der Waals surface area contributed by atoms with Crippen LogP contribution >= 0.6 is 0 Å². The van der Waals surface area contributed by atoms with Crippen LogP contribution in [0, 0.1) is 0 Å². The summed E-state index contributed by atoms with van der Waals surface area (Å²) in [6.45, 7) is 0. The summed E-state index contributed by atoms with van der Waals surface area (Å²) >= 11 is 0. The Morgan fingerprint density at radius 2 is 0.707 bits per heavy atom. The van der Waals surface area contributed by atoms with Crippen LogP contribution in [0.25, 0.3) is 90.2 Å². The van der Waals surface area contributed by atoms with Gasteiger partial charge in [-0.15, -0.1) is 0 Å². The van der Waals surface area contributed by atoms with Crippen LogP contribution in [-0.2, 0) is 0 Å². The fourth-order valence-electron chi connectivity index (χ4n) is 7.88. The smallest absolute Gasteiger partial charge is 0.176 e. The molecule has 6 nitrogen and oxygen atoms in total. The van der Waals surface area contributed by atoms with E-state index in [9.17, 15) is 0 Å². The van der Waals surface area contributed by atoms with Gasteiger partial charge in [-0.25, -0.2) is 9.97 Å². The molecule has 2 aliphatic heterocycles. The minimum atomic E-state index is 0.613. The van der Waals surface area contributed by atoms with E-state index in [0.29, 0.717) is 34.4 Å². The number of nitrogens with one attached hydrogen (secondary N) is 2. The molecule has 2 N–H and O–H groups in total. The highest BCUT2D eigenvalue weighted by Crippen LogP contribution is 2.40. The lowest BCUT2D eigenvalue weighted by molar-refractivity contribution is 0.485. The van der Waals surface area contributed by atoms with Crippen molar-refractivity contribution in [2.45, 2.75) is 0 Å². The summed E-state index contributed by atoms with van der Waals surface area (Å²) in [6, 6.07) is 57.9. The molecule has 6 aromatic carbocycles. The monoisotopic (exact) mass is 746 g/mol. The van der Waals surface area contributed by atoms with Crippen molar-refractivity contribution in [2.75, 3.05) is 0 Å². The van der Waals surface area contributed by atoms with Gasteiger partial charge in [0.2, 0.25) is 0 Å². The average molecular weight is 747 g/mol. The SMILES string of the molecule is C1=Cc2nc1c(Oc1ccc3ccccc3c1)c1ccc([nH]1)c(-c1ccccc1)c1nc(c(Oc3ccc4ccccc4c3)c3ccc([nH]3)c2-c2ccccc2)C=C1. The lowest BCUT2D eigenvalue weighted by atomic mass is 10.0. The van der Waals surface area contributed by atoms with Crippen LogP contribution in [0.15, 0.2) is 170 Å². The van der Waals surface area contributed by atoms with Gasteiger partial charge in [0, 0.05) is 22.2 Å². The lowest BCUT2D eigenvalue weighted by Gasteiger charge is -2.09. The van der Waals surface area contributed by atoms with Gasteiger partial charge in [0.15, 0.2) is 11.5 Å². The third kappa shape index (κ3) is 6.10. The molecule has 58 heavy (non-hydrogen) atoms. The first-order chi connectivity index (χ1) is 28.7. The molecule has 2 aliphatic rings. The van der Waals surface area contributed by atoms with Crippen molar-refractivity contribution in [3.63, 3.8) is 0 Å². The second kappa shape index (κ2) is 14.0. The van der Waals surface area contributed by atoms with Crippen molar-refractivity contribution in [2.24, 2.45) is 0 Å². The zero-order valence-electron chi connectivity index (χ0n) is 31.2. The predicted molar refractivity (Wildman–Crippen MR) is 238 cm³/mol. The second-order valence-electron chi connectivity index (χ2n) is 14.4. The maximum Gasteiger partial charge on any atom is 0.176 e. The van der Waals surface area contributed by atoms with E-state index in [2.05, 4.69) is 119 Å². The Kier molecular flexibility index (Phi) is 8.04. The molecule has 5 heterocycles. The number of hydrogen-bond donors (Lipinski definition) is 2. The van der Waals surface area contributed by atoms with E-state index in [1.54, 1.807) is 0 Å². The number of fused-ring (bicyclic) bond motifs is 10. The standard InChI is InChI=1S/C52H34N4O2/c1-3-13-35(14-4-1)49-41-23-27-45(53-41)51(57-39-21-19-33-11-7-9-17-37(33)31-39)47-29-25-43(55-47)50(36-15-5-2-6-16-36)44-26-30-48(56-44)52(46-28-24-42(49)54-46)58-40-22-20-34-12-8-10-18-38(34)32-40/h1-32,53,56H. The molecule has 0 fully saturated rings. The summed E-state index contributed by atoms with van der Waals surface area (Å²) < 4.78 is 13.7. The minimum absolute atomic E-state index is 0.613. The van der Waals surface area contributed by atoms with Gasteiger partial charge in [0.05, 0.1) is 22.4 Å². The van der Waals surface area contributed by atoms with Crippen molar-refractivity contribution < 1.29 is 9.47 Å². The van der Waals surface area contributed by atoms with E-state index in [0.717, 1.165) is 77.3 Å². The minimum Gasteiger partial charge on any atom is -0.453 e. The van der Waals surface area contributed by atoms with Gasteiger partial charge >= 0.3 is 0 Å². The van der Waals surface area contributed by atoms with Gasteiger partial charge in [-0.1, -0.05) is 121 Å². The third-order valence-corrected chi connectivity index (χ3v) is 10.7. The fraction of sp³-hybridized carbons (Fsp3) is 0. The van der Waals surface area contributed by atoms with Gasteiger partial charge in [-0.3, -0.25) is 0 Å². The second-order valence-corrected chi connectivity index (χ2v) is 14.4. The number of hydrogen-bond acceptors (Lipinski definition) is 4. The normalized spacial score (nSPS) is 12.0. The van der Waals surface area contributed by atoms with Crippen molar-refractivity contribution in [1.29, 1.82) is 0 Å². The zero-order valence-corrected chi connectivity index (χ0v) is 31.2. The molecule has 8 bridgehead atoms. The summed E-state index contributed by atoms with van der Waals surface area (Å²) in [5, 5.41) is 4.48. The quantitative estimate of drug-likeness (QED) is 0.178. The molecular formula is C52H34N4O2. The summed E-state index contributed by atoms with van der Waals surface area (Å²) in [5.41, 5.74) is 10.3. The van der Waals surface area contributed by atoms with Crippen LogP contribution in [-0.4, -0.2) is 19.9 Å². The zero-order chi connectivity index (χ0) is 38.4. The Bertz CT molecular complexity index is 3070. The third-order valence-electron chi connectivity index (χ3n) is 10.7. The van der Waals surface area contributed by atoms with Gasteiger partial charge in [-0.05, 0) is 106 Å². The molecule has 0 spiro atoms. The number of H-pyrrole nitrogens is 2. The Labute approximate surface area is 334 Å². The Morgan fingerprint density at radius 3 is 1.16 bits per heavy atom. The summed E-state index contributed by atoms with van der Waals surface area (Å²) in [5.74, 6) is 2.66. The lowest BCUT2D eigenvalue weighted by Crippen LogP contribution is -1.91. The fourth-order valence-corrected chi connectivity index (χ4v) is 7.88. The van der Waals surface area contributed by atoms with Crippen molar-refractivity contribution in [1.82, 2.24) is 19.9 Å². The van der Waals surface area contributed by atoms with Crippen LogP contribution in [0.5, 0.6) is 23.0 Å². The number of rotatable bonds is 6. The highest BCUT2D eigenvalue weighted by atomic mass is 16.5. The molecule has 6 heteroatoms. The van der Waals surface area contributed by atoms with E-state index >= 15 is 0 Å². The molecule has 0 amide bonds. The van der Waals surface area contributed by atoms with Crippen molar-refractivity contribution in [3.05, 3.63) is 193 Å². The summed E-state index contributed by atoms with van der Waals surface area (Å²) in [6.07, 6.45) is 8.19. The van der Waals surface area contributed by atoms with Crippen LogP contribution in [0.1, 0.15) is 22.8 Å². The highest BCUT2D eigenvalue weighted by molar-refractivity contribution is 5.96. The number of ether oxygens (including phenoxy) is 2. The van der Waals surface area contributed by atoms with Crippen LogP contribution in [0.4, 0.5) is 0 Å². The van der Waals surface area contributed by atoms with Gasteiger partial charge < -0.3 is 19.4 Å². The molecule has 274 valence electrons.